The highest BCUT2D eigenvalue weighted by atomic mass is 19.1. The molecule has 21 heavy (non-hydrogen) atoms. The molecule has 2 aromatic carbocycles. The first-order valence-corrected chi connectivity index (χ1v) is 6.95. The third kappa shape index (κ3) is 3.69. The van der Waals surface area contributed by atoms with Crippen molar-refractivity contribution in [2.24, 2.45) is 0 Å². The fraction of sp³-hybridized carbons (Fsp3) is 0.278. The van der Waals surface area contributed by atoms with E-state index in [9.17, 15) is 9.18 Å². The van der Waals surface area contributed by atoms with Crippen LogP contribution in [-0.2, 0) is 5.41 Å². The van der Waals surface area contributed by atoms with Crippen LogP contribution in [-0.4, -0.2) is 5.91 Å². The number of rotatable bonds is 2. The number of aryl methyl sites for hydroxylation is 1. The first-order valence-electron chi connectivity index (χ1n) is 6.95. The molecular weight excluding hydrogens is 265 g/mol. The van der Waals surface area contributed by atoms with Gasteiger partial charge in [-0.05, 0) is 47.7 Å². The van der Waals surface area contributed by atoms with E-state index in [1.54, 1.807) is 13.0 Å². The number of nitrogens with one attached hydrogen (secondary N) is 1. The Kier molecular flexibility index (Phi) is 4.12. The molecule has 2 aromatic rings. The zero-order valence-corrected chi connectivity index (χ0v) is 12.8. The second-order valence-electron chi connectivity index (χ2n) is 6.26. The molecule has 110 valence electrons. The Hall–Kier alpha value is -2.16. The van der Waals surface area contributed by atoms with Crippen LogP contribution in [0.2, 0.25) is 0 Å². The lowest BCUT2D eigenvalue weighted by atomic mass is 9.87. The highest BCUT2D eigenvalue weighted by Crippen LogP contribution is 2.23. The molecule has 0 atom stereocenters. The number of anilines is 1. The molecule has 0 spiro atoms. The topological polar surface area (TPSA) is 29.1 Å². The lowest BCUT2D eigenvalue weighted by Crippen LogP contribution is -2.15. The number of carbonyl (C=O) groups excluding carboxylic acids is 1. The number of carbonyl (C=O) groups is 1. The van der Waals surface area contributed by atoms with Crippen molar-refractivity contribution in [2.45, 2.75) is 33.1 Å². The Morgan fingerprint density at radius 1 is 1.05 bits per heavy atom. The van der Waals surface area contributed by atoms with Crippen molar-refractivity contribution in [3.05, 3.63) is 65.0 Å². The van der Waals surface area contributed by atoms with Crippen LogP contribution in [0.25, 0.3) is 0 Å². The maximum absolute atomic E-state index is 13.8. The molecule has 2 nitrogen and oxygen atoms in total. The van der Waals surface area contributed by atoms with Gasteiger partial charge in [-0.3, -0.25) is 4.79 Å². The first kappa shape index (κ1) is 15.2. The summed E-state index contributed by atoms with van der Waals surface area (Å²) < 4.78 is 13.8. The molecule has 1 N–H and O–H groups in total. The summed E-state index contributed by atoms with van der Waals surface area (Å²) in [5, 5.41) is 2.72. The van der Waals surface area contributed by atoms with Crippen LogP contribution >= 0.6 is 0 Å². The smallest absolute Gasteiger partial charge is 0.258 e. The minimum atomic E-state index is -0.501. The molecule has 0 saturated carbocycles. The molecule has 3 heteroatoms. The number of amides is 1. The highest BCUT2D eigenvalue weighted by molar-refractivity contribution is 6.04. The monoisotopic (exact) mass is 285 g/mol. The Morgan fingerprint density at radius 2 is 1.67 bits per heavy atom. The molecule has 0 aliphatic rings. The summed E-state index contributed by atoms with van der Waals surface area (Å²) >= 11 is 0. The van der Waals surface area contributed by atoms with Gasteiger partial charge in [0.05, 0.1) is 5.56 Å². The number of hydrogen-bond donors (Lipinski definition) is 1. The van der Waals surface area contributed by atoms with Crippen molar-refractivity contribution in [2.75, 3.05) is 5.32 Å². The molecule has 0 radical (unpaired) electrons. The van der Waals surface area contributed by atoms with E-state index in [-0.39, 0.29) is 11.0 Å². The van der Waals surface area contributed by atoms with Crippen molar-refractivity contribution in [1.29, 1.82) is 0 Å². The summed E-state index contributed by atoms with van der Waals surface area (Å²) in [4.78, 5) is 12.1. The van der Waals surface area contributed by atoms with Crippen molar-refractivity contribution in [3.63, 3.8) is 0 Å². The quantitative estimate of drug-likeness (QED) is 0.852. The lowest BCUT2D eigenvalue weighted by Gasteiger charge is -2.19. The largest absolute Gasteiger partial charge is 0.322 e. The van der Waals surface area contributed by atoms with E-state index in [4.69, 9.17) is 0 Å². The van der Waals surface area contributed by atoms with E-state index in [1.165, 1.54) is 17.7 Å². The molecule has 0 unspecified atom stereocenters. The van der Waals surface area contributed by atoms with Crippen LogP contribution in [0, 0.1) is 12.7 Å². The van der Waals surface area contributed by atoms with Crippen LogP contribution in [0.3, 0.4) is 0 Å². The van der Waals surface area contributed by atoms with Crippen molar-refractivity contribution < 1.29 is 9.18 Å². The normalized spacial score (nSPS) is 11.3. The molecular formula is C18H20FNO. The number of halogens is 1. The standard InChI is InChI=1S/C18H20FNO/c1-12-5-10-15(16(19)11-12)17(21)20-14-8-6-13(7-9-14)18(2,3)4/h5-11H,1-4H3,(H,20,21). The Labute approximate surface area is 125 Å². The molecule has 0 aromatic heterocycles. The van der Waals surface area contributed by atoms with Crippen molar-refractivity contribution >= 4 is 11.6 Å². The van der Waals surface area contributed by atoms with Crippen LogP contribution in [0.15, 0.2) is 42.5 Å². The fourth-order valence-electron chi connectivity index (χ4n) is 2.06. The zero-order chi connectivity index (χ0) is 15.6. The minimum Gasteiger partial charge on any atom is -0.322 e. The Bertz CT molecular complexity index is 654. The third-order valence-corrected chi connectivity index (χ3v) is 3.38. The van der Waals surface area contributed by atoms with E-state index in [1.807, 2.05) is 24.3 Å². The Balaban J connectivity index is 2.16. The average Bonchev–Trinajstić information content (AvgIpc) is 2.38. The van der Waals surface area contributed by atoms with Crippen molar-refractivity contribution in [1.82, 2.24) is 0 Å². The maximum Gasteiger partial charge on any atom is 0.258 e. The van der Waals surface area contributed by atoms with Crippen LogP contribution in [0.4, 0.5) is 10.1 Å². The van der Waals surface area contributed by atoms with Gasteiger partial charge in [0.15, 0.2) is 0 Å². The van der Waals surface area contributed by atoms with Crippen LogP contribution < -0.4 is 5.32 Å². The summed E-state index contributed by atoms with van der Waals surface area (Å²) in [7, 11) is 0. The summed E-state index contributed by atoms with van der Waals surface area (Å²) in [6.45, 7) is 8.17. The average molecular weight is 285 g/mol. The first-order chi connectivity index (χ1) is 9.77. The maximum atomic E-state index is 13.8. The predicted octanol–water partition coefficient (Wildman–Crippen LogP) is 4.68. The van der Waals surface area contributed by atoms with Crippen LogP contribution in [0.1, 0.15) is 42.3 Å². The lowest BCUT2D eigenvalue weighted by molar-refractivity contribution is 0.102. The molecule has 0 saturated heterocycles. The Morgan fingerprint density at radius 3 is 2.19 bits per heavy atom. The number of benzene rings is 2. The van der Waals surface area contributed by atoms with E-state index in [0.29, 0.717) is 5.69 Å². The van der Waals surface area contributed by atoms with Crippen molar-refractivity contribution in [3.8, 4) is 0 Å². The molecule has 0 bridgehead atoms. The summed E-state index contributed by atoms with van der Waals surface area (Å²) in [6.07, 6.45) is 0. The second-order valence-corrected chi connectivity index (χ2v) is 6.26. The minimum absolute atomic E-state index is 0.0560. The van der Waals surface area contributed by atoms with E-state index in [2.05, 4.69) is 26.1 Å². The van der Waals surface area contributed by atoms with Gasteiger partial charge in [0, 0.05) is 5.69 Å². The summed E-state index contributed by atoms with van der Waals surface area (Å²) in [5.41, 5.74) is 2.75. The molecule has 0 aliphatic carbocycles. The van der Waals surface area contributed by atoms with Gasteiger partial charge in [-0.25, -0.2) is 4.39 Å². The highest BCUT2D eigenvalue weighted by Gasteiger charge is 2.14. The van der Waals surface area contributed by atoms with E-state index in [0.717, 1.165) is 5.56 Å². The van der Waals surface area contributed by atoms with Gasteiger partial charge < -0.3 is 5.32 Å². The molecule has 0 heterocycles. The van der Waals surface area contributed by atoms with Gasteiger partial charge >= 0.3 is 0 Å². The predicted molar refractivity (Wildman–Crippen MR) is 84.2 cm³/mol. The number of hydrogen-bond acceptors (Lipinski definition) is 1. The summed E-state index contributed by atoms with van der Waals surface area (Å²) in [6, 6.07) is 12.2. The third-order valence-electron chi connectivity index (χ3n) is 3.38. The molecule has 1 amide bonds. The fourth-order valence-corrected chi connectivity index (χ4v) is 2.06. The van der Waals surface area contributed by atoms with E-state index < -0.39 is 11.7 Å². The zero-order valence-electron chi connectivity index (χ0n) is 12.8. The van der Waals surface area contributed by atoms with Gasteiger partial charge in [-0.1, -0.05) is 39.0 Å². The molecule has 2 rings (SSSR count). The van der Waals surface area contributed by atoms with Gasteiger partial charge in [-0.15, -0.1) is 0 Å². The summed E-state index contributed by atoms with van der Waals surface area (Å²) in [5.74, 6) is -0.935. The van der Waals surface area contributed by atoms with Gasteiger partial charge in [0.25, 0.3) is 5.91 Å². The van der Waals surface area contributed by atoms with Gasteiger partial charge in [0.1, 0.15) is 5.82 Å². The van der Waals surface area contributed by atoms with Gasteiger partial charge in [-0.2, -0.15) is 0 Å². The van der Waals surface area contributed by atoms with E-state index >= 15 is 0 Å². The molecule has 0 fully saturated rings. The van der Waals surface area contributed by atoms with Crippen LogP contribution in [0.5, 0.6) is 0 Å². The van der Waals surface area contributed by atoms with Gasteiger partial charge in [0.2, 0.25) is 0 Å². The second kappa shape index (κ2) is 5.68. The SMILES string of the molecule is Cc1ccc(C(=O)Nc2ccc(C(C)(C)C)cc2)c(F)c1. The molecule has 0 aliphatic heterocycles.